The molecule has 0 spiro atoms. The molecule has 0 radical (unpaired) electrons. The van der Waals surface area contributed by atoms with Gasteiger partial charge in [-0.3, -0.25) is 0 Å². The van der Waals surface area contributed by atoms with Crippen LogP contribution >= 0.6 is 11.6 Å². The van der Waals surface area contributed by atoms with Crippen LogP contribution in [0.1, 0.15) is 24.3 Å². The lowest BCUT2D eigenvalue weighted by Gasteiger charge is -2.08. The fourth-order valence-electron chi connectivity index (χ4n) is 2.25. The van der Waals surface area contributed by atoms with E-state index in [0.29, 0.717) is 18.4 Å². The van der Waals surface area contributed by atoms with Crippen LogP contribution in [0.4, 0.5) is 0 Å². The van der Waals surface area contributed by atoms with Crippen LogP contribution in [0.5, 0.6) is 5.75 Å². The van der Waals surface area contributed by atoms with E-state index in [0.717, 1.165) is 35.3 Å². The molecular weight excluding hydrogens is 310 g/mol. The number of para-hydroxylation sites is 3. The van der Waals surface area contributed by atoms with E-state index in [1.165, 1.54) is 0 Å². The zero-order valence-electron chi connectivity index (χ0n) is 12.7. The number of hydrogen-bond acceptors (Lipinski definition) is 3. The van der Waals surface area contributed by atoms with E-state index in [-0.39, 0.29) is 0 Å². The van der Waals surface area contributed by atoms with Gasteiger partial charge in [0.15, 0.2) is 5.58 Å². The normalized spacial score (nSPS) is 11.3. The molecule has 0 saturated carbocycles. The third kappa shape index (κ3) is 4.14. The zero-order valence-corrected chi connectivity index (χ0v) is 13.5. The average molecular weight is 328 g/mol. The first-order valence-electron chi connectivity index (χ1n) is 7.68. The summed E-state index contributed by atoms with van der Waals surface area (Å²) in [4.78, 5) is 4.44. The summed E-state index contributed by atoms with van der Waals surface area (Å²) >= 11 is 5.68. The molecule has 1 aromatic heterocycles. The van der Waals surface area contributed by atoms with Crippen molar-refractivity contribution in [2.45, 2.75) is 12.8 Å². The highest BCUT2D eigenvalue weighted by atomic mass is 35.5. The van der Waals surface area contributed by atoms with Crippen LogP contribution in [-0.4, -0.2) is 17.5 Å². The standard InChI is InChI=1S/C19H18ClNO2/c20-13-5-6-14-22-17-9-3-1-7-15(17)11-12-19-21-16-8-2-4-10-18(16)23-19/h1-4,7-12H,5-6,13-14H2. The summed E-state index contributed by atoms with van der Waals surface area (Å²) in [5, 5.41) is 0. The largest absolute Gasteiger partial charge is 0.493 e. The van der Waals surface area contributed by atoms with Crippen LogP contribution in [0.3, 0.4) is 0 Å². The fraction of sp³-hybridized carbons (Fsp3) is 0.211. The van der Waals surface area contributed by atoms with E-state index in [2.05, 4.69) is 4.98 Å². The molecule has 0 amide bonds. The zero-order chi connectivity index (χ0) is 15.9. The van der Waals surface area contributed by atoms with E-state index in [4.69, 9.17) is 20.8 Å². The molecule has 0 saturated heterocycles. The van der Waals surface area contributed by atoms with Gasteiger partial charge >= 0.3 is 0 Å². The Morgan fingerprint density at radius 2 is 1.83 bits per heavy atom. The molecule has 3 aromatic rings. The number of oxazole rings is 1. The Bertz CT molecular complexity index is 762. The van der Waals surface area contributed by atoms with Gasteiger partial charge in [-0.25, -0.2) is 4.98 Å². The number of alkyl halides is 1. The number of hydrogen-bond donors (Lipinski definition) is 0. The molecule has 118 valence electrons. The SMILES string of the molecule is ClCCCCOc1ccccc1C=Cc1nc2ccccc2o1. The maximum absolute atomic E-state index is 5.83. The third-order valence-corrected chi connectivity index (χ3v) is 3.69. The lowest BCUT2D eigenvalue weighted by atomic mass is 10.2. The van der Waals surface area contributed by atoms with Crippen molar-refractivity contribution < 1.29 is 9.15 Å². The van der Waals surface area contributed by atoms with Gasteiger partial charge in [-0.05, 0) is 37.1 Å². The molecule has 23 heavy (non-hydrogen) atoms. The highest BCUT2D eigenvalue weighted by Gasteiger charge is 2.03. The van der Waals surface area contributed by atoms with Gasteiger partial charge in [-0.1, -0.05) is 30.3 Å². The van der Waals surface area contributed by atoms with Crippen molar-refractivity contribution in [1.82, 2.24) is 4.98 Å². The minimum Gasteiger partial charge on any atom is -0.493 e. The molecule has 0 bridgehead atoms. The monoisotopic (exact) mass is 327 g/mol. The minimum absolute atomic E-state index is 0.586. The van der Waals surface area contributed by atoms with E-state index in [1.54, 1.807) is 0 Å². The number of unbranched alkanes of at least 4 members (excludes halogenated alkanes) is 1. The van der Waals surface area contributed by atoms with Crippen molar-refractivity contribution >= 4 is 34.9 Å². The second-order valence-corrected chi connectivity index (χ2v) is 5.51. The summed E-state index contributed by atoms with van der Waals surface area (Å²) in [6, 6.07) is 15.7. The second kappa shape index (κ2) is 7.84. The van der Waals surface area contributed by atoms with Crippen molar-refractivity contribution in [1.29, 1.82) is 0 Å². The van der Waals surface area contributed by atoms with Gasteiger partial charge in [-0.15, -0.1) is 11.6 Å². The number of halogens is 1. The highest BCUT2D eigenvalue weighted by Crippen LogP contribution is 2.22. The van der Waals surface area contributed by atoms with Gasteiger partial charge in [0.2, 0.25) is 5.89 Å². The molecule has 0 N–H and O–H groups in total. The van der Waals surface area contributed by atoms with Gasteiger partial charge in [0, 0.05) is 17.5 Å². The molecule has 0 aliphatic heterocycles. The van der Waals surface area contributed by atoms with Crippen molar-refractivity contribution in [2.75, 3.05) is 12.5 Å². The Labute approximate surface area is 140 Å². The number of ether oxygens (including phenoxy) is 1. The number of benzene rings is 2. The molecule has 1 heterocycles. The van der Waals surface area contributed by atoms with Gasteiger partial charge in [0.25, 0.3) is 0 Å². The lowest BCUT2D eigenvalue weighted by Crippen LogP contribution is -1.98. The average Bonchev–Trinajstić information content (AvgIpc) is 3.01. The van der Waals surface area contributed by atoms with Crippen LogP contribution in [0, 0.1) is 0 Å². The van der Waals surface area contributed by atoms with Crippen molar-refractivity contribution in [2.24, 2.45) is 0 Å². The van der Waals surface area contributed by atoms with Gasteiger partial charge in [0.05, 0.1) is 6.61 Å². The molecule has 4 heteroatoms. The summed E-state index contributed by atoms with van der Waals surface area (Å²) in [7, 11) is 0. The van der Waals surface area contributed by atoms with Crippen LogP contribution < -0.4 is 4.74 Å². The van der Waals surface area contributed by atoms with Gasteiger partial charge in [0.1, 0.15) is 11.3 Å². The third-order valence-electron chi connectivity index (χ3n) is 3.42. The van der Waals surface area contributed by atoms with Crippen LogP contribution in [0.2, 0.25) is 0 Å². The quantitative estimate of drug-likeness (QED) is 0.430. The first kappa shape index (κ1) is 15.6. The van der Waals surface area contributed by atoms with Gasteiger partial charge < -0.3 is 9.15 Å². The summed E-state index contributed by atoms with van der Waals surface area (Å²) in [6.07, 6.45) is 5.73. The van der Waals surface area contributed by atoms with Crippen molar-refractivity contribution in [3.8, 4) is 5.75 Å². The lowest BCUT2D eigenvalue weighted by molar-refractivity contribution is 0.309. The van der Waals surface area contributed by atoms with Crippen LogP contribution in [0.25, 0.3) is 23.3 Å². The topological polar surface area (TPSA) is 35.3 Å². The summed E-state index contributed by atoms with van der Waals surface area (Å²) in [6.45, 7) is 0.667. The second-order valence-electron chi connectivity index (χ2n) is 5.14. The molecule has 2 aromatic carbocycles. The summed E-state index contributed by atoms with van der Waals surface area (Å²) in [5.74, 6) is 2.11. The number of nitrogens with zero attached hydrogens (tertiary/aromatic N) is 1. The van der Waals surface area contributed by atoms with Gasteiger partial charge in [-0.2, -0.15) is 0 Å². The summed E-state index contributed by atoms with van der Waals surface area (Å²) in [5.41, 5.74) is 2.65. The minimum atomic E-state index is 0.586. The molecule has 0 unspecified atom stereocenters. The van der Waals surface area contributed by atoms with Crippen molar-refractivity contribution in [3.05, 3.63) is 60.0 Å². The molecule has 0 fully saturated rings. The Hall–Kier alpha value is -2.26. The van der Waals surface area contributed by atoms with E-state index in [9.17, 15) is 0 Å². The maximum Gasteiger partial charge on any atom is 0.220 e. The number of rotatable bonds is 7. The first-order chi connectivity index (χ1) is 11.4. The molecular formula is C19H18ClNO2. The molecule has 3 nitrogen and oxygen atoms in total. The Morgan fingerprint density at radius 3 is 2.70 bits per heavy atom. The molecule has 3 rings (SSSR count). The Morgan fingerprint density at radius 1 is 1.00 bits per heavy atom. The fourth-order valence-corrected chi connectivity index (χ4v) is 2.44. The molecule has 0 aliphatic rings. The Kier molecular flexibility index (Phi) is 5.33. The smallest absolute Gasteiger partial charge is 0.220 e. The number of fused-ring (bicyclic) bond motifs is 1. The van der Waals surface area contributed by atoms with E-state index in [1.807, 2.05) is 60.7 Å². The maximum atomic E-state index is 5.83. The molecule has 0 aliphatic carbocycles. The summed E-state index contributed by atoms with van der Waals surface area (Å²) < 4.78 is 11.5. The predicted octanol–water partition coefficient (Wildman–Crippen LogP) is 5.40. The van der Waals surface area contributed by atoms with E-state index >= 15 is 0 Å². The van der Waals surface area contributed by atoms with E-state index < -0.39 is 0 Å². The predicted molar refractivity (Wildman–Crippen MR) is 94.8 cm³/mol. The van der Waals surface area contributed by atoms with Crippen LogP contribution in [-0.2, 0) is 0 Å². The highest BCUT2D eigenvalue weighted by molar-refractivity contribution is 6.17. The first-order valence-corrected chi connectivity index (χ1v) is 8.22. The molecule has 0 atom stereocenters. The Balaban J connectivity index is 1.73. The number of aromatic nitrogens is 1. The van der Waals surface area contributed by atoms with Crippen LogP contribution in [0.15, 0.2) is 52.9 Å². The van der Waals surface area contributed by atoms with Crippen molar-refractivity contribution in [3.63, 3.8) is 0 Å².